The third-order valence-corrected chi connectivity index (χ3v) is 4.10. The van der Waals surface area contributed by atoms with Crippen molar-refractivity contribution in [2.45, 2.75) is 64.8 Å². The van der Waals surface area contributed by atoms with Gasteiger partial charge < -0.3 is 11.1 Å². The standard InChI is InChI=1S/C14H28N2O/c1-3-11-5-7-12(8-6-11)10-16-14(17)9-13(15)4-2/h11-13H,3-10,15H2,1-2H3,(H,16,17). The summed E-state index contributed by atoms with van der Waals surface area (Å²) in [5, 5.41) is 3.03. The number of carbonyl (C=O) groups excluding carboxylic acids is 1. The van der Waals surface area contributed by atoms with Gasteiger partial charge in [-0.2, -0.15) is 0 Å². The number of hydrogen-bond acceptors (Lipinski definition) is 2. The summed E-state index contributed by atoms with van der Waals surface area (Å²) < 4.78 is 0. The van der Waals surface area contributed by atoms with Crippen LogP contribution in [0.3, 0.4) is 0 Å². The van der Waals surface area contributed by atoms with Gasteiger partial charge in [-0.25, -0.2) is 0 Å². The molecule has 1 amide bonds. The van der Waals surface area contributed by atoms with Gasteiger partial charge in [0.15, 0.2) is 0 Å². The van der Waals surface area contributed by atoms with E-state index in [0.717, 1.165) is 18.9 Å². The monoisotopic (exact) mass is 240 g/mol. The molecule has 1 rings (SSSR count). The average molecular weight is 240 g/mol. The second-order valence-corrected chi connectivity index (χ2v) is 5.47. The van der Waals surface area contributed by atoms with Crippen LogP contribution in [-0.4, -0.2) is 18.5 Å². The van der Waals surface area contributed by atoms with Crippen molar-refractivity contribution in [2.75, 3.05) is 6.54 Å². The van der Waals surface area contributed by atoms with Crippen molar-refractivity contribution in [3.8, 4) is 0 Å². The van der Waals surface area contributed by atoms with E-state index in [1.807, 2.05) is 6.92 Å². The topological polar surface area (TPSA) is 55.1 Å². The molecule has 100 valence electrons. The summed E-state index contributed by atoms with van der Waals surface area (Å²) in [6.07, 6.45) is 7.88. The molecule has 1 atom stereocenters. The Morgan fingerprint density at radius 1 is 1.24 bits per heavy atom. The minimum atomic E-state index is 0.0193. The summed E-state index contributed by atoms with van der Waals surface area (Å²) in [5.74, 6) is 1.74. The first-order chi connectivity index (χ1) is 8.15. The second kappa shape index (κ2) is 7.70. The SMILES string of the molecule is CCC(N)CC(=O)NCC1CCC(CC)CC1. The molecule has 1 aliphatic rings. The number of hydrogen-bond donors (Lipinski definition) is 2. The highest BCUT2D eigenvalue weighted by Crippen LogP contribution is 2.30. The number of nitrogens with two attached hydrogens (primary N) is 1. The molecule has 3 nitrogen and oxygen atoms in total. The Morgan fingerprint density at radius 3 is 2.35 bits per heavy atom. The molecule has 0 spiro atoms. The summed E-state index contributed by atoms with van der Waals surface area (Å²) in [5.41, 5.74) is 5.76. The molecular formula is C14H28N2O. The molecule has 3 heteroatoms. The predicted molar refractivity (Wildman–Crippen MR) is 71.6 cm³/mol. The lowest BCUT2D eigenvalue weighted by Gasteiger charge is -2.27. The molecule has 1 aliphatic carbocycles. The van der Waals surface area contributed by atoms with Crippen LogP contribution in [0.15, 0.2) is 0 Å². The van der Waals surface area contributed by atoms with Gasteiger partial charge in [-0.05, 0) is 31.1 Å². The van der Waals surface area contributed by atoms with Crippen molar-refractivity contribution in [1.29, 1.82) is 0 Å². The first-order valence-corrected chi connectivity index (χ1v) is 7.17. The van der Waals surface area contributed by atoms with E-state index in [9.17, 15) is 4.79 Å². The van der Waals surface area contributed by atoms with Gasteiger partial charge in [0.25, 0.3) is 0 Å². The molecule has 3 N–H and O–H groups in total. The minimum absolute atomic E-state index is 0.0193. The fraction of sp³-hybridized carbons (Fsp3) is 0.929. The molecule has 0 aromatic heterocycles. The smallest absolute Gasteiger partial charge is 0.221 e. The van der Waals surface area contributed by atoms with Gasteiger partial charge in [-0.15, -0.1) is 0 Å². The number of carbonyl (C=O) groups is 1. The predicted octanol–water partition coefficient (Wildman–Crippen LogP) is 2.45. The maximum absolute atomic E-state index is 11.6. The van der Waals surface area contributed by atoms with E-state index in [1.54, 1.807) is 0 Å². The van der Waals surface area contributed by atoms with E-state index < -0.39 is 0 Å². The van der Waals surface area contributed by atoms with Gasteiger partial charge in [0.1, 0.15) is 0 Å². The highest BCUT2D eigenvalue weighted by Gasteiger charge is 2.20. The molecule has 0 heterocycles. The van der Waals surface area contributed by atoms with E-state index in [0.29, 0.717) is 12.3 Å². The molecule has 0 aliphatic heterocycles. The Labute approximate surface area is 106 Å². The molecule has 1 saturated carbocycles. The van der Waals surface area contributed by atoms with Crippen LogP contribution in [-0.2, 0) is 4.79 Å². The summed E-state index contributed by atoms with van der Waals surface area (Å²) in [4.78, 5) is 11.6. The van der Waals surface area contributed by atoms with Crippen LogP contribution in [0.2, 0.25) is 0 Å². The summed E-state index contributed by atoms with van der Waals surface area (Å²) in [6.45, 7) is 5.15. The highest BCUT2D eigenvalue weighted by molar-refractivity contribution is 5.76. The van der Waals surface area contributed by atoms with Crippen molar-refractivity contribution in [1.82, 2.24) is 5.32 Å². The normalized spacial score (nSPS) is 26.5. The number of rotatable bonds is 6. The maximum Gasteiger partial charge on any atom is 0.221 e. The van der Waals surface area contributed by atoms with Crippen LogP contribution in [0.25, 0.3) is 0 Å². The van der Waals surface area contributed by atoms with Crippen LogP contribution in [0, 0.1) is 11.8 Å². The van der Waals surface area contributed by atoms with Gasteiger partial charge in [-0.1, -0.05) is 33.1 Å². The van der Waals surface area contributed by atoms with Crippen LogP contribution >= 0.6 is 0 Å². The lowest BCUT2D eigenvalue weighted by molar-refractivity contribution is -0.121. The molecule has 0 radical (unpaired) electrons. The van der Waals surface area contributed by atoms with Crippen molar-refractivity contribution in [2.24, 2.45) is 17.6 Å². The van der Waals surface area contributed by atoms with E-state index >= 15 is 0 Å². The minimum Gasteiger partial charge on any atom is -0.356 e. The average Bonchev–Trinajstić information content (AvgIpc) is 2.36. The van der Waals surface area contributed by atoms with Crippen LogP contribution in [0.1, 0.15) is 58.8 Å². The maximum atomic E-state index is 11.6. The van der Waals surface area contributed by atoms with Crippen molar-refractivity contribution in [3.05, 3.63) is 0 Å². The summed E-state index contributed by atoms with van der Waals surface area (Å²) in [7, 11) is 0. The first-order valence-electron chi connectivity index (χ1n) is 7.17. The zero-order chi connectivity index (χ0) is 12.7. The summed E-state index contributed by atoms with van der Waals surface area (Å²) in [6, 6.07) is 0.0193. The van der Waals surface area contributed by atoms with E-state index in [4.69, 9.17) is 5.73 Å². The van der Waals surface area contributed by atoms with Gasteiger partial charge in [0, 0.05) is 19.0 Å². The van der Waals surface area contributed by atoms with Crippen molar-refractivity contribution < 1.29 is 4.79 Å². The molecule has 0 aromatic rings. The van der Waals surface area contributed by atoms with E-state index in [2.05, 4.69) is 12.2 Å². The van der Waals surface area contributed by atoms with Crippen LogP contribution < -0.4 is 11.1 Å². The fourth-order valence-electron chi connectivity index (χ4n) is 2.56. The van der Waals surface area contributed by atoms with Crippen LogP contribution in [0.5, 0.6) is 0 Å². The molecule has 0 saturated heterocycles. The third-order valence-electron chi connectivity index (χ3n) is 4.10. The van der Waals surface area contributed by atoms with Gasteiger partial charge in [0.2, 0.25) is 5.91 Å². The molecule has 1 fully saturated rings. The van der Waals surface area contributed by atoms with Crippen molar-refractivity contribution in [3.63, 3.8) is 0 Å². The zero-order valence-corrected chi connectivity index (χ0v) is 11.4. The molecule has 17 heavy (non-hydrogen) atoms. The highest BCUT2D eigenvalue weighted by atomic mass is 16.1. The Kier molecular flexibility index (Phi) is 6.56. The zero-order valence-electron chi connectivity index (χ0n) is 11.4. The lowest BCUT2D eigenvalue weighted by Crippen LogP contribution is -2.35. The third kappa shape index (κ3) is 5.53. The molecule has 1 unspecified atom stereocenters. The van der Waals surface area contributed by atoms with E-state index in [-0.39, 0.29) is 11.9 Å². The second-order valence-electron chi connectivity index (χ2n) is 5.47. The fourth-order valence-corrected chi connectivity index (χ4v) is 2.56. The lowest BCUT2D eigenvalue weighted by atomic mass is 9.81. The van der Waals surface area contributed by atoms with Gasteiger partial charge >= 0.3 is 0 Å². The molecule has 0 bridgehead atoms. The van der Waals surface area contributed by atoms with E-state index in [1.165, 1.54) is 32.1 Å². The van der Waals surface area contributed by atoms with Crippen LogP contribution in [0.4, 0.5) is 0 Å². The molecular weight excluding hydrogens is 212 g/mol. The Bertz CT molecular complexity index is 222. The summed E-state index contributed by atoms with van der Waals surface area (Å²) >= 11 is 0. The quantitative estimate of drug-likeness (QED) is 0.749. The van der Waals surface area contributed by atoms with Gasteiger partial charge in [0.05, 0.1) is 0 Å². The van der Waals surface area contributed by atoms with Crippen molar-refractivity contribution >= 4 is 5.91 Å². The Balaban J connectivity index is 2.12. The Hall–Kier alpha value is -0.570. The molecule has 0 aromatic carbocycles. The Morgan fingerprint density at radius 2 is 1.82 bits per heavy atom. The van der Waals surface area contributed by atoms with Gasteiger partial charge in [-0.3, -0.25) is 4.79 Å². The number of amides is 1. The largest absolute Gasteiger partial charge is 0.356 e. The first kappa shape index (κ1) is 14.5. The number of nitrogens with one attached hydrogen (secondary N) is 1.